The minimum absolute atomic E-state index is 0.118. The van der Waals surface area contributed by atoms with Gasteiger partial charge in [-0.15, -0.1) is 0 Å². The first-order valence-electron chi connectivity index (χ1n) is 6.51. The lowest BCUT2D eigenvalue weighted by Crippen LogP contribution is -2.20. The minimum Gasteiger partial charge on any atom is -0.496 e. The first kappa shape index (κ1) is 14.6. The Hall–Kier alpha value is -2.76. The molecule has 1 aromatic heterocycles. The molecule has 3 N–H and O–H groups in total. The summed E-state index contributed by atoms with van der Waals surface area (Å²) < 4.78 is 6.65. The number of ether oxygens (including phenoxy) is 1. The van der Waals surface area contributed by atoms with E-state index in [0.717, 1.165) is 0 Å². The Bertz CT molecular complexity index is 722. The van der Waals surface area contributed by atoms with Gasteiger partial charge in [0.2, 0.25) is 0 Å². The smallest absolute Gasteiger partial charge is 0.261 e. The van der Waals surface area contributed by atoms with Gasteiger partial charge in [-0.1, -0.05) is 6.07 Å². The number of carbonyl (C=O) groups excluding carboxylic acids is 1. The van der Waals surface area contributed by atoms with Crippen molar-refractivity contribution in [2.24, 2.45) is 0 Å². The van der Waals surface area contributed by atoms with Crippen molar-refractivity contribution in [1.29, 1.82) is 0 Å². The normalized spacial score (nSPS) is 10.2. The van der Waals surface area contributed by atoms with Crippen molar-refractivity contribution in [3.8, 4) is 5.75 Å². The highest BCUT2D eigenvalue weighted by atomic mass is 16.5. The number of methoxy groups -OCH3 is 1. The topological polar surface area (TPSA) is 86.3 Å². The van der Waals surface area contributed by atoms with Crippen LogP contribution in [0.15, 0.2) is 41.3 Å². The SMILES string of the molecule is CCn1cc(NC(=O)c2c(N)cccc2OC)ccc1=O. The summed E-state index contributed by atoms with van der Waals surface area (Å²) in [6.45, 7) is 2.38. The van der Waals surface area contributed by atoms with Crippen LogP contribution in [-0.2, 0) is 6.54 Å². The van der Waals surface area contributed by atoms with E-state index in [2.05, 4.69) is 5.32 Å². The lowest BCUT2D eigenvalue weighted by Gasteiger charge is -2.12. The summed E-state index contributed by atoms with van der Waals surface area (Å²) in [4.78, 5) is 23.9. The summed E-state index contributed by atoms with van der Waals surface area (Å²) in [5, 5.41) is 2.72. The summed E-state index contributed by atoms with van der Waals surface area (Å²) in [5.41, 5.74) is 6.84. The number of amides is 1. The zero-order valence-electron chi connectivity index (χ0n) is 11.9. The Balaban J connectivity index is 2.32. The lowest BCUT2D eigenvalue weighted by molar-refractivity contribution is 0.102. The van der Waals surface area contributed by atoms with E-state index in [0.29, 0.717) is 23.7 Å². The molecular weight excluding hydrogens is 270 g/mol. The molecule has 110 valence electrons. The van der Waals surface area contributed by atoms with Gasteiger partial charge >= 0.3 is 0 Å². The summed E-state index contributed by atoms with van der Waals surface area (Å²) in [6.07, 6.45) is 1.59. The van der Waals surface area contributed by atoms with Crippen molar-refractivity contribution in [3.05, 3.63) is 52.4 Å². The van der Waals surface area contributed by atoms with Gasteiger partial charge in [-0.3, -0.25) is 9.59 Å². The van der Waals surface area contributed by atoms with E-state index in [1.165, 1.54) is 17.7 Å². The highest BCUT2D eigenvalue weighted by Gasteiger charge is 2.16. The van der Waals surface area contributed by atoms with Gasteiger partial charge in [0.1, 0.15) is 11.3 Å². The van der Waals surface area contributed by atoms with Gasteiger partial charge in [-0.2, -0.15) is 0 Å². The Labute approximate surface area is 122 Å². The van der Waals surface area contributed by atoms with E-state index in [1.54, 1.807) is 30.5 Å². The van der Waals surface area contributed by atoms with Crippen molar-refractivity contribution in [2.45, 2.75) is 13.5 Å². The number of carbonyl (C=O) groups is 1. The third-order valence-electron chi connectivity index (χ3n) is 3.09. The number of benzene rings is 1. The summed E-state index contributed by atoms with van der Waals surface area (Å²) >= 11 is 0. The zero-order chi connectivity index (χ0) is 15.4. The Kier molecular flexibility index (Phi) is 4.27. The highest BCUT2D eigenvalue weighted by Crippen LogP contribution is 2.25. The first-order valence-corrected chi connectivity index (χ1v) is 6.51. The molecule has 0 saturated carbocycles. The molecule has 2 aromatic rings. The maximum Gasteiger partial charge on any atom is 0.261 e. The lowest BCUT2D eigenvalue weighted by atomic mass is 10.1. The van der Waals surface area contributed by atoms with Gasteiger partial charge < -0.3 is 20.4 Å². The van der Waals surface area contributed by atoms with E-state index in [4.69, 9.17) is 10.5 Å². The van der Waals surface area contributed by atoms with Crippen LogP contribution in [0.2, 0.25) is 0 Å². The van der Waals surface area contributed by atoms with Crippen LogP contribution in [0.25, 0.3) is 0 Å². The predicted octanol–water partition coefficient (Wildman–Crippen LogP) is 1.71. The third-order valence-corrected chi connectivity index (χ3v) is 3.09. The van der Waals surface area contributed by atoms with Crippen molar-refractivity contribution in [2.75, 3.05) is 18.2 Å². The van der Waals surface area contributed by atoms with Crippen LogP contribution in [0, 0.1) is 0 Å². The molecule has 2 rings (SSSR count). The largest absolute Gasteiger partial charge is 0.496 e. The molecule has 6 nitrogen and oxygen atoms in total. The molecule has 0 unspecified atom stereocenters. The van der Waals surface area contributed by atoms with Crippen LogP contribution < -0.4 is 21.3 Å². The Morgan fingerprint density at radius 2 is 2.10 bits per heavy atom. The summed E-state index contributed by atoms with van der Waals surface area (Å²) in [6, 6.07) is 7.97. The van der Waals surface area contributed by atoms with Crippen LogP contribution in [0.4, 0.5) is 11.4 Å². The van der Waals surface area contributed by atoms with Gasteiger partial charge in [0, 0.05) is 24.5 Å². The second-order valence-corrected chi connectivity index (χ2v) is 4.42. The fourth-order valence-electron chi connectivity index (χ4n) is 2.01. The number of nitrogens with two attached hydrogens (primary N) is 1. The van der Waals surface area contributed by atoms with E-state index in [9.17, 15) is 9.59 Å². The summed E-state index contributed by atoms with van der Waals surface area (Å²) in [5.74, 6) is 0.0163. The van der Waals surface area contributed by atoms with Gasteiger partial charge in [0.25, 0.3) is 11.5 Å². The zero-order valence-corrected chi connectivity index (χ0v) is 11.9. The molecule has 21 heavy (non-hydrogen) atoms. The Morgan fingerprint density at radius 1 is 1.33 bits per heavy atom. The molecule has 0 aliphatic heterocycles. The molecule has 0 aliphatic carbocycles. The fourth-order valence-corrected chi connectivity index (χ4v) is 2.01. The molecule has 6 heteroatoms. The third kappa shape index (κ3) is 3.05. The van der Waals surface area contributed by atoms with Crippen molar-refractivity contribution in [1.82, 2.24) is 4.57 Å². The fraction of sp³-hybridized carbons (Fsp3) is 0.200. The number of hydrogen-bond acceptors (Lipinski definition) is 4. The van der Waals surface area contributed by atoms with Gasteiger partial charge in [0.05, 0.1) is 12.8 Å². The maximum atomic E-state index is 12.3. The number of aromatic nitrogens is 1. The van der Waals surface area contributed by atoms with E-state index in [-0.39, 0.29) is 17.0 Å². The molecule has 0 spiro atoms. The van der Waals surface area contributed by atoms with Crippen LogP contribution >= 0.6 is 0 Å². The average Bonchev–Trinajstić information content (AvgIpc) is 2.48. The molecule has 0 atom stereocenters. The van der Waals surface area contributed by atoms with Crippen LogP contribution in [0.5, 0.6) is 5.75 Å². The molecule has 1 heterocycles. The van der Waals surface area contributed by atoms with Gasteiger partial charge in [-0.05, 0) is 25.1 Å². The molecule has 1 amide bonds. The molecule has 0 aliphatic rings. The number of nitrogens with zero attached hydrogens (tertiary/aromatic N) is 1. The van der Waals surface area contributed by atoms with E-state index < -0.39 is 0 Å². The van der Waals surface area contributed by atoms with E-state index >= 15 is 0 Å². The number of rotatable bonds is 4. The second-order valence-electron chi connectivity index (χ2n) is 4.42. The predicted molar refractivity (Wildman–Crippen MR) is 81.7 cm³/mol. The number of nitrogens with one attached hydrogen (secondary N) is 1. The first-order chi connectivity index (χ1) is 10.1. The molecule has 0 saturated heterocycles. The molecule has 0 bridgehead atoms. The highest BCUT2D eigenvalue weighted by molar-refractivity contribution is 6.09. The van der Waals surface area contributed by atoms with Gasteiger partial charge in [0.15, 0.2) is 0 Å². The summed E-state index contributed by atoms with van der Waals surface area (Å²) in [7, 11) is 1.48. The van der Waals surface area contributed by atoms with E-state index in [1.807, 2.05) is 6.92 Å². The van der Waals surface area contributed by atoms with Crippen molar-refractivity contribution < 1.29 is 9.53 Å². The number of anilines is 2. The van der Waals surface area contributed by atoms with Crippen LogP contribution in [0.1, 0.15) is 17.3 Å². The van der Waals surface area contributed by atoms with Crippen LogP contribution in [-0.4, -0.2) is 17.6 Å². The average molecular weight is 287 g/mol. The monoisotopic (exact) mass is 287 g/mol. The van der Waals surface area contributed by atoms with Gasteiger partial charge in [-0.25, -0.2) is 0 Å². The standard InChI is InChI=1S/C15H17N3O3/c1-3-18-9-10(7-8-13(18)19)17-15(20)14-11(16)5-4-6-12(14)21-2/h4-9H,3,16H2,1-2H3,(H,17,20). The van der Waals surface area contributed by atoms with Crippen LogP contribution in [0.3, 0.4) is 0 Å². The number of aryl methyl sites for hydroxylation is 1. The molecule has 0 radical (unpaired) electrons. The minimum atomic E-state index is -0.383. The van der Waals surface area contributed by atoms with Crippen molar-refractivity contribution in [3.63, 3.8) is 0 Å². The number of hydrogen-bond donors (Lipinski definition) is 2. The number of nitrogen functional groups attached to an aromatic ring is 1. The molecule has 0 fully saturated rings. The molecular formula is C15H17N3O3. The number of pyridine rings is 1. The Morgan fingerprint density at radius 3 is 2.76 bits per heavy atom. The molecule has 1 aromatic carbocycles. The maximum absolute atomic E-state index is 12.3. The quantitative estimate of drug-likeness (QED) is 0.838. The van der Waals surface area contributed by atoms with Crippen molar-refractivity contribution >= 4 is 17.3 Å². The second kappa shape index (κ2) is 6.13.